The molecule has 0 N–H and O–H groups in total. The second-order valence-electron chi connectivity index (χ2n) is 4.57. The van der Waals surface area contributed by atoms with E-state index in [0.717, 1.165) is 5.56 Å². The Bertz CT molecular complexity index is 404. The van der Waals surface area contributed by atoms with Gasteiger partial charge >= 0.3 is 0 Å². The van der Waals surface area contributed by atoms with Gasteiger partial charge < -0.3 is 9.47 Å². The molecule has 0 fully saturated rings. The minimum Gasteiger partial charge on any atom is -0.380 e. The number of methoxy groups -OCH3 is 1. The number of rotatable bonds is 7. The highest BCUT2D eigenvalue weighted by molar-refractivity contribution is 6.01. The topological polar surface area (TPSA) is 35.5 Å². The molecule has 0 unspecified atom stereocenters. The van der Waals surface area contributed by atoms with Crippen LogP contribution >= 0.6 is 0 Å². The van der Waals surface area contributed by atoms with Crippen LogP contribution in [0.15, 0.2) is 36.9 Å². The number of carbonyl (C=O) groups excluding carboxylic acids is 1. The summed E-state index contributed by atoms with van der Waals surface area (Å²) in [6.45, 7) is 8.02. The number of hydrogen-bond acceptors (Lipinski definition) is 3. The summed E-state index contributed by atoms with van der Waals surface area (Å²) in [6, 6.07) is 7.38. The van der Waals surface area contributed by atoms with Crippen LogP contribution in [0.2, 0.25) is 0 Å². The highest BCUT2D eigenvalue weighted by atomic mass is 16.5. The van der Waals surface area contributed by atoms with E-state index in [0.29, 0.717) is 18.8 Å². The predicted molar refractivity (Wildman–Crippen MR) is 71.7 cm³/mol. The van der Waals surface area contributed by atoms with Crippen molar-refractivity contribution in [2.24, 2.45) is 0 Å². The first-order chi connectivity index (χ1) is 8.51. The molecule has 98 valence electrons. The van der Waals surface area contributed by atoms with E-state index < -0.39 is 5.60 Å². The third kappa shape index (κ3) is 3.79. The average molecular weight is 248 g/mol. The lowest BCUT2D eigenvalue weighted by Crippen LogP contribution is -2.35. The molecule has 0 aliphatic carbocycles. The van der Waals surface area contributed by atoms with Crippen LogP contribution < -0.4 is 0 Å². The molecule has 0 heterocycles. The number of Topliss-reactive ketones (excluding diaryl/α,β-unsaturated/α-hetero) is 1. The van der Waals surface area contributed by atoms with Gasteiger partial charge in [-0.1, -0.05) is 30.3 Å². The summed E-state index contributed by atoms with van der Waals surface area (Å²) in [7, 11) is 1.64. The smallest absolute Gasteiger partial charge is 0.194 e. The Morgan fingerprint density at radius 2 is 1.94 bits per heavy atom. The molecule has 1 rings (SSSR count). The van der Waals surface area contributed by atoms with E-state index in [4.69, 9.17) is 9.47 Å². The molecule has 18 heavy (non-hydrogen) atoms. The molecule has 0 amide bonds. The highest BCUT2D eigenvalue weighted by Gasteiger charge is 2.28. The molecule has 1 aromatic carbocycles. The third-order valence-electron chi connectivity index (χ3n) is 2.64. The Hall–Kier alpha value is -1.45. The van der Waals surface area contributed by atoms with Gasteiger partial charge in [-0.2, -0.15) is 0 Å². The lowest BCUT2D eigenvalue weighted by molar-refractivity contribution is 0.00787. The number of ketones is 1. The summed E-state index contributed by atoms with van der Waals surface area (Å²) >= 11 is 0. The maximum absolute atomic E-state index is 12.3. The van der Waals surface area contributed by atoms with Gasteiger partial charge in [-0.15, -0.1) is 6.58 Å². The Kier molecular flexibility index (Phi) is 5.25. The summed E-state index contributed by atoms with van der Waals surface area (Å²) in [4.78, 5) is 12.3. The SMILES string of the molecule is C=CCOC(C)(C)C(=O)c1ccc(COC)cc1. The lowest BCUT2D eigenvalue weighted by atomic mass is 9.96. The number of ether oxygens (including phenoxy) is 2. The molecule has 0 atom stereocenters. The normalized spacial score (nSPS) is 11.3. The maximum Gasteiger partial charge on any atom is 0.194 e. The van der Waals surface area contributed by atoms with E-state index in [1.165, 1.54) is 0 Å². The molecule has 0 radical (unpaired) electrons. The lowest BCUT2D eigenvalue weighted by Gasteiger charge is -2.23. The van der Waals surface area contributed by atoms with Crippen molar-refractivity contribution in [1.29, 1.82) is 0 Å². The average Bonchev–Trinajstić information content (AvgIpc) is 2.37. The summed E-state index contributed by atoms with van der Waals surface area (Å²) in [5.41, 5.74) is 0.847. The first kappa shape index (κ1) is 14.6. The van der Waals surface area contributed by atoms with Crippen LogP contribution in [-0.2, 0) is 16.1 Å². The second kappa shape index (κ2) is 6.47. The molecular formula is C15H20O3. The van der Waals surface area contributed by atoms with Crippen LogP contribution in [0, 0.1) is 0 Å². The summed E-state index contributed by atoms with van der Waals surface area (Å²) < 4.78 is 10.5. The molecule has 0 aromatic heterocycles. The molecule has 3 nitrogen and oxygen atoms in total. The van der Waals surface area contributed by atoms with Gasteiger partial charge in [0.25, 0.3) is 0 Å². The summed E-state index contributed by atoms with van der Waals surface area (Å²) in [5.74, 6) is -0.0340. The van der Waals surface area contributed by atoms with E-state index in [-0.39, 0.29) is 5.78 Å². The zero-order valence-electron chi connectivity index (χ0n) is 11.2. The first-order valence-corrected chi connectivity index (χ1v) is 5.89. The van der Waals surface area contributed by atoms with E-state index in [9.17, 15) is 4.79 Å². The van der Waals surface area contributed by atoms with Crippen LogP contribution in [0.1, 0.15) is 29.8 Å². The molecule has 3 heteroatoms. The van der Waals surface area contributed by atoms with Gasteiger partial charge in [0.1, 0.15) is 5.60 Å². The maximum atomic E-state index is 12.3. The number of hydrogen-bond donors (Lipinski definition) is 0. The Labute approximate surface area is 108 Å². The van der Waals surface area contributed by atoms with Crippen molar-refractivity contribution >= 4 is 5.78 Å². The highest BCUT2D eigenvalue weighted by Crippen LogP contribution is 2.18. The van der Waals surface area contributed by atoms with Crippen molar-refractivity contribution in [3.8, 4) is 0 Å². The van der Waals surface area contributed by atoms with E-state index in [1.807, 2.05) is 12.1 Å². The fourth-order valence-corrected chi connectivity index (χ4v) is 1.60. The van der Waals surface area contributed by atoms with Crippen molar-refractivity contribution < 1.29 is 14.3 Å². The van der Waals surface area contributed by atoms with Gasteiger partial charge in [0.2, 0.25) is 0 Å². The van der Waals surface area contributed by atoms with Crippen LogP contribution in [-0.4, -0.2) is 25.1 Å². The van der Waals surface area contributed by atoms with Crippen LogP contribution in [0.4, 0.5) is 0 Å². The monoisotopic (exact) mass is 248 g/mol. The molecule has 0 saturated carbocycles. The Morgan fingerprint density at radius 3 is 2.44 bits per heavy atom. The molecule has 0 spiro atoms. The Morgan fingerprint density at radius 1 is 1.33 bits per heavy atom. The van der Waals surface area contributed by atoms with Crippen LogP contribution in [0.3, 0.4) is 0 Å². The van der Waals surface area contributed by atoms with Gasteiger partial charge in [0, 0.05) is 12.7 Å². The quantitative estimate of drug-likeness (QED) is 0.549. The molecule has 0 bridgehead atoms. The van der Waals surface area contributed by atoms with E-state index >= 15 is 0 Å². The van der Waals surface area contributed by atoms with Crippen LogP contribution in [0.25, 0.3) is 0 Å². The summed E-state index contributed by atoms with van der Waals surface area (Å²) in [6.07, 6.45) is 1.64. The van der Waals surface area contributed by atoms with Gasteiger partial charge in [-0.25, -0.2) is 0 Å². The summed E-state index contributed by atoms with van der Waals surface area (Å²) in [5, 5.41) is 0. The molecule has 0 aliphatic rings. The largest absolute Gasteiger partial charge is 0.380 e. The third-order valence-corrected chi connectivity index (χ3v) is 2.64. The van der Waals surface area contributed by atoms with Crippen molar-refractivity contribution in [2.45, 2.75) is 26.1 Å². The van der Waals surface area contributed by atoms with Crippen molar-refractivity contribution in [3.05, 3.63) is 48.0 Å². The zero-order valence-corrected chi connectivity index (χ0v) is 11.2. The molecule has 1 aromatic rings. The van der Waals surface area contributed by atoms with Crippen molar-refractivity contribution in [3.63, 3.8) is 0 Å². The zero-order chi connectivity index (χ0) is 13.6. The molecule has 0 aliphatic heterocycles. The molecule has 0 saturated heterocycles. The minimum absolute atomic E-state index is 0.0340. The van der Waals surface area contributed by atoms with Gasteiger partial charge in [0.05, 0.1) is 13.2 Å². The van der Waals surface area contributed by atoms with Gasteiger partial charge in [0.15, 0.2) is 5.78 Å². The standard InChI is InChI=1S/C15H20O3/c1-5-10-18-15(2,3)14(16)13-8-6-12(7-9-13)11-17-4/h5-9H,1,10-11H2,2-4H3. The van der Waals surface area contributed by atoms with Crippen molar-refractivity contribution in [2.75, 3.05) is 13.7 Å². The first-order valence-electron chi connectivity index (χ1n) is 5.89. The fraction of sp³-hybridized carbons (Fsp3) is 0.400. The van der Waals surface area contributed by atoms with E-state index in [1.54, 1.807) is 39.2 Å². The number of carbonyl (C=O) groups is 1. The van der Waals surface area contributed by atoms with Crippen molar-refractivity contribution in [1.82, 2.24) is 0 Å². The van der Waals surface area contributed by atoms with Gasteiger partial charge in [-0.3, -0.25) is 4.79 Å². The fourth-order valence-electron chi connectivity index (χ4n) is 1.60. The number of benzene rings is 1. The predicted octanol–water partition coefficient (Wildman–Crippen LogP) is 3.00. The van der Waals surface area contributed by atoms with Gasteiger partial charge in [-0.05, 0) is 19.4 Å². The minimum atomic E-state index is -0.836. The molecular weight excluding hydrogens is 228 g/mol. The second-order valence-corrected chi connectivity index (χ2v) is 4.57. The van der Waals surface area contributed by atoms with E-state index in [2.05, 4.69) is 6.58 Å². The Balaban J connectivity index is 2.79. The van der Waals surface area contributed by atoms with Crippen LogP contribution in [0.5, 0.6) is 0 Å².